The number of hydrogen-bond donors (Lipinski definition) is 0. The van der Waals surface area contributed by atoms with Gasteiger partial charge in [-0.1, -0.05) is 0 Å². The van der Waals surface area contributed by atoms with Crippen molar-refractivity contribution < 1.29 is 4.39 Å². The van der Waals surface area contributed by atoms with E-state index >= 15 is 0 Å². The number of anilines is 2. The molecule has 0 saturated carbocycles. The Kier molecular flexibility index (Phi) is 3.97. The van der Waals surface area contributed by atoms with E-state index in [1.807, 2.05) is 29.3 Å². The Bertz CT molecular complexity index is 973. The van der Waals surface area contributed by atoms with E-state index in [-0.39, 0.29) is 5.82 Å². The van der Waals surface area contributed by atoms with Crippen LogP contribution in [0.2, 0.25) is 0 Å². The molecule has 26 heavy (non-hydrogen) atoms. The van der Waals surface area contributed by atoms with Gasteiger partial charge < -0.3 is 9.80 Å². The van der Waals surface area contributed by atoms with E-state index in [1.54, 1.807) is 13.8 Å². The summed E-state index contributed by atoms with van der Waals surface area (Å²) < 4.78 is 16.3. The summed E-state index contributed by atoms with van der Waals surface area (Å²) in [5.74, 6) is 1.70. The fourth-order valence-electron chi connectivity index (χ4n) is 3.46. The highest BCUT2D eigenvalue weighted by molar-refractivity contribution is 5.53. The summed E-state index contributed by atoms with van der Waals surface area (Å²) in [5.41, 5.74) is 3.15. The highest BCUT2D eigenvalue weighted by atomic mass is 19.1. The zero-order valence-corrected chi connectivity index (χ0v) is 15.5. The SMILES string of the molecule is Cc1cc(N2CCN(c3nc(C)nc(C)c3F)CC2)n2nc(C)cc2n1. The number of hydrogen-bond acceptors (Lipinski definition) is 6. The summed E-state index contributed by atoms with van der Waals surface area (Å²) in [4.78, 5) is 17.2. The molecule has 1 aliphatic rings. The molecule has 0 unspecified atom stereocenters. The summed E-state index contributed by atoms with van der Waals surface area (Å²) in [6, 6.07) is 4.03. The molecule has 1 aliphatic heterocycles. The number of rotatable bonds is 2. The van der Waals surface area contributed by atoms with Gasteiger partial charge >= 0.3 is 0 Å². The van der Waals surface area contributed by atoms with E-state index in [2.05, 4.69) is 31.0 Å². The van der Waals surface area contributed by atoms with Crippen molar-refractivity contribution in [1.29, 1.82) is 0 Å². The zero-order chi connectivity index (χ0) is 18.4. The van der Waals surface area contributed by atoms with E-state index in [0.717, 1.165) is 35.9 Å². The van der Waals surface area contributed by atoms with Crippen molar-refractivity contribution in [3.8, 4) is 0 Å². The summed E-state index contributed by atoms with van der Waals surface area (Å²) in [5, 5.41) is 4.56. The van der Waals surface area contributed by atoms with Crippen LogP contribution in [0.1, 0.15) is 22.9 Å². The average molecular weight is 355 g/mol. The van der Waals surface area contributed by atoms with Gasteiger partial charge in [-0.15, -0.1) is 0 Å². The zero-order valence-electron chi connectivity index (χ0n) is 15.5. The lowest BCUT2D eigenvalue weighted by atomic mass is 10.2. The number of nitrogens with zero attached hydrogens (tertiary/aromatic N) is 7. The van der Waals surface area contributed by atoms with E-state index in [0.29, 0.717) is 30.4 Å². The Labute approximate surface area is 151 Å². The molecule has 0 N–H and O–H groups in total. The second kappa shape index (κ2) is 6.19. The van der Waals surface area contributed by atoms with Gasteiger partial charge in [-0.2, -0.15) is 9.61 Å². The molecular weight excluding hydrogens is 333 g/mol. The van der Waals surface area contributed by atoms with Crippen molar-refractivity contribution >= 4 is 17.3 Å². The second-order valence-electron chi connectivity index (χ2n) is 6.78. The number of aryl methyl sites for hydroxylation is 4. The Morgan fingerprint density at radius 2 is 1.54 bits per heavy atom. The lowest BCUT2D eigenvalue weighted by Crippen LogP contribution is -2.48. The molecule has 0 aliphatic carbocycles. The smallest absolute Gasteiger partial charge is 0.186 e. The maximum Gasteiger partial charge on any atom is 0.186 e. The average Bonchev–Trinajstić information content (AvgIpc) is 2.97. The van der Waals surface area contributed by atoms with Gasteiger partial charge in [-0.05, 0) is 27.7 Å². The Hall–Kier alpha value is -2.77. The summed E-state index contributed by atoms with van der Waals surface area (Å²) in [7, 11) is 0. The first kappa shape index (κ1) is 16.7. The van der Waals surface area contributed by atoms with Crippen molar-refractivity contribution in [2.45, 2.75) is 27.7 Å². The van der Waals surface area contributed by atoms with Crippen LogP contribution in [0.4, 0.5) is 16.0 Å². The van der Waals surface area contributed by atoms with E-state index < -0.39 is 0 Å². The molecule has 1 saturated heterocycles. The van der Waals surface area contributed by atoms with Crippen molar-refractivity contribution in [3.63, 3.8) is 0 Å². The molecular formula is C18H22FN7. The van der Waals surface area contributed by atoms with Crippen molar-refractivity contribution in [1.82, 2.24) is 24.6 Å². The van der Waals surface area contributed by atoms with Crippen LogP contribution in [0.25, 0.3) is 5.65 Å². The molecule has 0 amide bonds. The van der Waals surface area contributed by atoms with Gasteiger partial charge in [0.2, 0.25) is 0 Å². The lowest BCUT2D eigenvalue weighted by Gasteiger charge is -2.36. The number of halogens is 1. The minimum absolute atomic E-state index is 0.325. The van der Waals surface area contributed by atoms with Crippen LogP contribution in [0.3, 0.4) is 0 Å². The molecule has 3 aromatic rings. The quantitative estimate of drug-likeness (QED) is 0.702. The van der Waals surface area contributed by atoms with Crippen molar-refractivity contribution in [2.75, 3.05) is 36.0 Å². The molecule has 0 spiro atoms. The molecule has 0 atom stereocenters. The Morgan fingerprint density at radius 3 is 2.27 bits per heavy atom. The molecule has 4 rings (SSSR count). The second-order valence-corrected chi connectivity index (χ2v) is 6.78. The van der Waals surface area contributed by atoms with Gasteiger partial charge in [0.1, 0.15) is 11.6 Å². The standard InChI is InChI=1S/C18H22FN7/c1-11-10-16(26-15(20-11)9-12(2)23-26)24-5-7-25(8-6-24)18-17(19)13(3)21-14(4)22-18/h9-10H,5-8H2,1-4H3. The molecule has 4 heterocycles. The highest BCUT2D eigenvalue weighted by Gasteiger charge is 2.24. The van der Waals surface area contributed by atoms with Gasteiger partial charge in [0.25, 0.3) is 0 Å². The molecule has 3 aromatic heterocycles. The fraction of sp³-hybridized carbons (Fsp3) is 0.444. The van der Waals surface area contributed by atoms with Gasteiger partial charge in [0, 0.05) is 44.0 Å². The first-order chi connectivity index (χ1) is 12.4. The van der Waals surface area contributed by atoms with Crippen LogP contribution in [0.5, 0.6) is 0 Å². The molecule has 0 bridgehead atoms. The summed E-state index contributed by atoms with van der Waals surface area (Å²) in [6.07, 6.45) is 0. The van der Waals surface area contributed by atoms with Crippen LogP contribution in [0, 0.1) is 33.5 Å². The van der Waals surface area contributed by atoms with Crippen LogP contribution in [-0.2, 0) is 0 Å². The third-order valence-electron chi connectivity index (χ3n) is 4.67. The Balaban J connectivity index is 1.60. The predicted octanol–water partition coefficient (Wildman–Crippen LogP) is 2.22. The van der Waals surface area contributed by atoms with Crippen LogP contribution < -0.4 is 9.80 Å². The molecule has 1 fully saturated rings. The summed E-state index contributed by atoms with van der Waals surface area (Å²) >= 11 is 0. The van der Waals surface area contributed by atoms with Crippen molar-refractivity contribution in [3.05, 3.63) is 40.9 Å². The minimum Gasteiger partial charge on any atom is -0.353 e. The summed E-state index contributed by atoms with van der Waals surface area (Å²) in [6.45, 7) is 10.3. The lowest BCUT2D eigenvalue weighted by molar-refractivity contribution is 0.569. The predicted molar refractivity (Wildman–Crippen MR) is 98.4 cm³/mol. The fourth-order valence-corrected chi connectivity index (χ4v) is 3.46. The van der Waals surface area contributed by atoms with Crippen molar-refractivity contribution in [2.24, 2.45) is 0 Å². The van der Waals surface area contributed by atoms with E-state index in [1.165, 1.54) is 0 Å². The van der Waals surface area contributed by atoms with Crippen LogP contribution in [-0.4, -0.2) is 50.7 Å². The van der Waals surface area contributed by atoms with Gasteiger partial charge in [-0.3, -0.25) is 0 Å². The maximum absolute atomic E-state index is 14.4. The molecule has 8 heteroatoms. The third kappa shape index (κ3) is 2.85. The molecule has 7 nitrogen and oxygen atoms in total. The number of piperazine rings is 1. The topological polar surface area (TPSA) is 62.5 Å². The molecule has 136 valence electrons. The highest BCUT2D eigenvalue weighted by Crippen LogP contribution is 2.23. The third-order valence-corrected chi connectivity index (χ3v) is 4.67. The first-order valence-electron chi connectivity index (χ1n) is 8.77. The van der Waals surface area contributed by atoms with Gasteiger partial charge in [0.15, 0.2) is 17.3 Å². The van der Waals surface area contributed by atoms with Gasteiger partial charge in [0.05, 0.1) is 11.4 Å². The van der Waals surface area contributed by atoms with E-state index in [9.17, 15) is 4.39 Å². The minimum atomic E-state index is -0.325. The van der Waals surface area contributed by atoms with Crippen LogP contribution in [0.15, 0.2) is 12.1 Å². The van der Waals surface area contributed by atoms with E-state index in [4.69, 9.17) is 0 Å². The normalized spacial score (nSPS) is 15.1. The maximum atomic E-state index is 14.4. The molecule has 0 aromatic carbocycles. The largest absolute Gasteiger partial charge is 0.353 e. The monoisotopic (exact) mass is 355 g/mol. The van der Waals surface area contributed by atoms with Crippen LogP contribution >= 0.6 is 0 Å². The Morgan fingerprint density at radius 1 is 0.846 bits per heavy atom. The molecule has 0 radical (unpaired) electrons. The first-order valence-corrected chi connectivity index (χ1v) is 8.77. The number of aromatic nitrogens is 5. The number of fused-ring (bicyclic) bond motifs is 1. The van der Waals surface area contributed by atoms with Gasteiger partial charge in [-0.25, -0.2) is 19.3 Å².